The molecule has 4 atom stereocenters. The maximum Gasteiger partial charge on any atom is 0.240 e. The largest absolute Gasteiger partial charge is 0.376 e. The molecule has 5 nitrogen and oxygen atoms in total. The number of hydrogen-bond acceptors (Lipinski definition) is 4. The molecule has 2 aliphatic rings. The van der Waals surface area contributed by atoms with Crippen LogP contribution in [0.25, 0.3) is 0 Å². The van der Waals surface area contributed by atoms with Crippen LogP contribution in [0.15, 0.2) is 0 Å². The van der Waals surface area contributed by atoms with Gasteiger partial charge in [0.25, 0.3) is 0 Å². The number of nitrogens with one attached hydrogen (secondary N) is 2. The molecule has 0 spiro atoms. The van der Waals surface area contributed by atoms with E-state index in [2.05, 4.69) is 10.6 Å². The van der Waals surface area contributed by atoms with Gasteiger partial charge in [-0.25, -0.2) is 0 Å². The van der Waals surface area contributed by atoms with E-state index in [9.17, 15) is 4.79 Å². The molecule has 2 fully saturated rings. The van der Waals surface area contributed by atoms with Crippen LogP contribution < -0.4 is 10.6 Å². The molecule has 16 heavy (non-hydrogen) atoms. The van der Waals surface area contributed by atoms with E-state index < -0.39 is 0 Å². The Morgan fingerprint density at radius 3 is 2.62 bits per heavy atom. The summed E-state index contributed by atoms with van der Waals surface area (Å²) in [7, 11) is 0. The highest BCUT2D eigenvalue weighted by Crippen LogP contribution is 2.13. The average Bonchev–Trinajstić information content (AvgIpc) is 2.65. The number of carbonyl (C=O) groups is 1. The Morgan fingerprint density at radius 1 is 1.25 bits per heavy atom. The second-order valence-corrected chi connectivity index (χ2v) is 4.49. The first-order valence-corrected chi connectivity index (χ1v) is 5.95. The molecule has 0 aromatic rings. The van der Waals surface area contributed by atoms with Crippen LogP contribution in [-0.2, 0) is 14.3 Å². The van der Waals surface area contributed by atoms with Gasteiger partial charge in [0.2, 0.25) is 5.91 Å². The quantitative estimate of drug-likeness (QED) is 0.678. The third-order valence-electron chi connectivity index (χ3n) is 3.30. The average molecular weight is 228 g/mol. The number of ether oxygens (including phenoxy) is 2. The van der Waals surface area contributed by atoms with E-state index in [1.807, 2.05) is 13.8 Å². The zero-order chi connectivity index (χ0) is 11.5. The molecule has 92 valence electrons. The van der Waals surface area contributed by atoms with E-state index in [0.717, 1.165) is 19.6 Å². The summed E-state index contributed by atoms with van der Waals surface area (Å²) < 4.78 is 10.9. The molecule has 0 aromatic carbocycles. The van der Waals surface area contributed by atoms with Gasteiger partial charge in [-0.05, 0) is 20.3 Å². The van der Waals surface area contributed by atoms with Crippen LogP contribution in [-0.4, -0.2) is 50.0 Å². The van der Waals surface area contributed by atoms with Crippen molar-refractivity contribution in [2.45, 2.75) is 44.6 Å². The fourth-order valence-electron chi connectivity index (χ4n) is 2.22. The summed E-state index contributed by atoms with van der Waals surface area (Å²) in [6.45, 7) is 6.06. The minimum Gasteiger partial charge on any atom is -0.376 e. The van der Waals surface area contributed by atoms with E-state index >= 15 is 0 Å². The molecule has 0 aromatic heterocycles. The molecule has 2 rings (SSSR count). The van der Waals surface area contributed by atoms with Crippen LogP contribution in [0, 0.1) is 0 Å². The van der Waals surface area contributed by atoms with Gasteiger partial charge in [-0.2, -0.15) is 0 Å². The lowest BCUT2D eigenvalue weighted by atomic mass is 10.1. The molecule has 0 radical (unpaired) electrons. The van der Waals surface area contributed by atoms with E-state index in [4.69, 9.17) is 9.47 Å². The predicted molar refractivity (Wildman–Crippen MR) is 59.2 cm³/mol. The molecule has 0 aliphatic carbocycles. The van der Waals surface area contributed by atoms with Crippen molar-refractivity contribution in [2.75, 3.05) is 19.8 Å². The van der Waals surface area contributed by atoms with Crippen LogP contribution >= 0.6 is 0 Å². The lowest BCUT2D eigenvalue weighted by molar-refractivity contribution is -0.130. The molecule has 0 saturated carbocycles. The first-order valence-electron chi connectivity index (χ1n) is 5.95. The molecule has 2 N–H and O–H groups in total. The normalized spacial score (nSPS) is 39.6. The van der Waals surface area contributed by atoms with Gasteiger partial charge in [-0.15, -0.1) is 0 Å². The smallest absolute Gasteiger partial charge is 0.240 e. The summed E-state index contributed by atoms with van der Waals surface area (Å²) in [6, 6.07) is -0.0926. The van der Waals surface area contributed by atoms with E-state index in [-0.39, 0.29) is 30.2 Å². The summed E-state index contributed by atoms with van der Waals surface area (Å²) >= 11 is 0. The van der Waals surface area contributed by atoms with Gasteiger partial charge in [0.15, 0.2) is 0 Å². The Hall–Kier alpha value is -0.650. The van der Waals surface area contributed by atoms with Gasteiger partial charge in [-0.3, -0.25) is 4.79 Å². The van der Waals surface area contributed by atoms with E-state index in [1.165, 1.54) is 0 Å². The van der Waals surface area contributed by atoms with Crippen molar-refractivity contribution in [2.24, 2.45) is 0 Å². The fraction of sp³-hybridized carbons (Fsp3) is 0.909. The van der Waals surface area contributed by atoms with Crippen molar-refractivity contribution in [3.05, 3.63) is 0 Å². The highest BCUT2D eigenvalue weighted by atomic mass is 16.5. The van der Waals surface area contributed by atoms with Crippen molar-refractivity contribution < 1.29 is 14.3 Å². The van der Waals surface area contributed by atoms with Gasteiger partial charge in [0, 0.05) is 13.2 Å². The molecule has 2 aliphatic heterocycles. The summed E-state index contributed by atoms with van der Waals surface area (Å²) in [5.74, 6) is 0.0227. The van der Waals surface area contributed by atoms with Crippen molar-refractivity contribution in [3.63, 3.8) is 0 Å². The molecule has 2 saturated heterocycles. The number of hydrogen-bond donors (Lipinski definition) is 2. The van der Waals surface area contributed by atoms with Crippen LogP contribution in [0.3, 0.4) is 0 Å². The summed E-state index contributed by atoms with van der Waals surface area (Å²) in [4.78, 5) is 12.0. The van der Waals surface area contributed by atoms with Gasteiger partial charge in [0.1, 0.15) is 6.04 Å². The number of amides is 1. The Balaban J connectivity index is 1.86. The third kappa shape index (κ3) is 2.53. The zero-order valence-corrected chi connectivity index (χ0v) is 9.86. The lowest BCUT2D eigenvalue weighted by Crippen LogP contribution is -2.57. The van der Waals surface area contributed by atoms with Crippen LogP contribution in [0.1, 0.15) is 20.3 Å². The number of morpholine rings is 1. The van der Waals surface area contributed by atoms with Crippen molar-refractivity contribution in [1.29, 1.82) is 0 Å². The second-order valence-electron chi connectivity index (χ2n) is 4.49. The highest BCUT2D eigenvalue weighted by Gasteiger charge is 2.32. The molecule has 2 heterocycles. The van der Waals surface area contributed by atoms with E-state index in [0.29, 0.717) is 6.61 Å². The zero-order valence-electron chi connectivity index (χ0n) is 9.86. The highest BCUT2D eigenvalue weighted by molar-refractivity contribution is 5.82. The minimum absolute atomic E-state index is 0.0227. The lowest BCUT2D eigenvalue weighted by Gasteiger charge is -2.30. The monoisotopic (exact) mass is 228 g/mol. The van der Waals surface area contributed by atoms with E-state index in [1.54, 1.807) is 0 Å². The number of rotatable bonds is 2. The summed E-state index contributed by atoms with van der Waals surface area (Å²) in [5.41, 5.74) is 0. The Labute approximate surface area is 95.9 Å². The molecule has 2 unspecified atom stereocenters. The summed E-state index contributed by atoms with van der Waals surface area (Å²) in [6.07, 6.45) is 0.949. The standard InChI is InChI=1S/C11H20N2O3/c1-7-9(3-5-15-7)13-11(14)10-8(2)16-6-4-12-10/h7-10,12H,3-6H2,1-2H3,(H,13,14)/t7?,8-,9?,10+/m1/s1. The summed E-state index contributed by atoms with van der Waals surface area (Å²) in [5, 5.41) is 6.20. The van der Waals surface area contributed by atoms with Gasteiger partial charge < -0.3 is 20.1 Å². The Morgan fingerprint density at radius 2 is 2.00 bits per heavy atom. The van der Waals surface area contributed by atoms with Crippen LogP contribution in [0.4, 0.5) is 0 Å². The van der Waals surface area contributed by atoms with Crippen molar-refractivity contribution in [1.82, 2.24) is 10.6 Å². The Bertz CT molecular complexity index is 260. The first-order chi connectivity index (χ1) is 7.68. The second kappa shape index (κ2) is 5.12. The molecule has 5 heteroatoms. The fourth-order valence-corrected chi connectivity index (χ4v) is 2.22. The van der Waals surface area contributed by atoms with Crippen molar-refractivity contribution >= 4 is 5.91 Å². The topological polar surface area (TPSA) is 59.6 Å². The van der Waals surface area contributed by atoms with Gasteiger partial charge in [0.05, 0.1) is 24.9 Å². The predicted octanol–water partition coefficient (Wildman–Crippen LogP) is -0.343. The third-order valence-corrected chi connectivity index (χ3v) is 3.30. The maximum absolute atomic E-state index is 12.0. The molecular weight excluding hydrogens is 208 g/mol. The molecule has 1 amide bonds. The minimum atomic E-state index is -0.235. The molecule has 0 bridgehead atoms. The SMILES string of the molecule is CC1OCCC1NC(=O)[C@H]1NCCO[C@@H]1C. The van der Waals surface area contributed by atoms with Gasteiger partial charge >= 0.3 is 0 Å². The number of carbonyl (C=O) groups excluding carboxylic acids is 1. The maximum atomic E-state index is 12.0. The Kier molecular flexibility index (Phi) is 3.78. The van der Waals surface area contributed by atoms with Crippen LogP contribution in [0.2, 0.25) is 0 Å². The van der Waals surface area contributed by atoms with Crippen molar-refractivity contribution in [3.8, 4) is 0 Å². The first kappa shape index (κ1) is 11.8. The molecular formula is C11H20N2O3. The van der Waals surface area contributed by atoms with Gasteiger partial charge in [-0.1, -0.05) is 0 Å². The van der Waals surface area contributed by atoms with Crippen LogP contribution in [0.5, 0.6) is 0 Å².